The molecule has 3 aromatic carbocycles. The monoisotopic (exact) mass is 454 g/mol. The van der Waals surface area contributed by atoms with Gasteiger partial charge in [0.15, 0.2) is 18.2 Å². The number of ether oxygens (including phenoxy) is 1. The van der Waals surface area contributed by atoms with Gasteiger partial charge in [0, 0.05) is 25.0 Å². The number of hydrogen-bond acceptors (Lipinski definition) is 3. The molecule has 2 amide bonds. The minimum Gasteiger partial charge on any atom is -0.481 e. The zero-order valence-electron chi connectivity index (χ0n) is 17.6. The second kappa shape index (κ2) is 11.3. The summed E-state index contributed by atoms with van der Waals surface area (Å²) in [6.07, 6.45) is 0.319. The van der Waals surface area contributed by atoms with Gasteiger partial charge in [0.25, 0.3) is 5.91 Å². The summed E-state index contributed by atoms with van der Waals surface area (Å²) < 4.78 is 19.4. The van der Waals surface area contributed by atoms with Gasteiger partial charge in [-0.15, -0.1) is 0 Å². The number of hydrogen-bond donors (Lipinski definition) is 1. The lowest BCUT2D eigenvalue weighted by Crippen LogP contribution is -2.51. The molecule has 32 heavy (non-hydrogen) atoms. The molecule has 1 N–H and O–H groups in total. The van der Waals surface area contributed by atoms with E-state index in [1.165, 1.54) is 24.1 Å². The first-order valence-electron chi connectivity index (χ1n) is 10.1. The van der Waals surface area contributed by atoms with Gasteiger partial charge < -0.3 is 15.0 Å². The Kier molecular flexibility index (Phi) is 8.22. The minimum atomic E-state index is -0.783. The normalized spacial score (nSPS) is 11.5. The topological polar surface area (TPSA) is 58.6 Å². The second-order valence-electron chi connectivity index (χ2n) is 7.19. The molecular weight excluding hydrogens is 431 g/mol. The van der Waals surface area contributed by atoms with Gasteiger partial charge in [-0.05, 0) is 35.4 Å². The highest BCUT2D eigenvalue weighted by Gasteiger charge is 2.30. The Labute approximate surface area is 191 Å². The van der Waals surface area contributed by atoms with Gasteiger partial charge in [-0.25, -0.2) is 4.39 Å². The third-order valence-electron chi connectivity index (χ3n) is 4.97. The van der Waals surface area contributed by atoms with Crippen LogP contribution in [-0.4, -0.2) is 36.4 Å². The fraction of sp³-hybridized carbons (Fsp3) is 0.200. The van der Waals surface area contributed by atoms with Crippen LogP contribution in [0.1, 0.15) is 11.1 Å². The maximum absolute atomic E-state index is 13.9. The molecule has 5 nitrogen and oxygen atoms in total. The predicted octanol–water partition coefficient (Wildman–Crippen LogP) is 4.24. The van der Waals surface area contributed by atoms with Crippen LogP contribution in [0.15, 0.2) is 78.9 Å². The third kappa shape index (κ3) is 6.31. The molecule has 7 heteroatoms. The number of nitrogens with one attached hydrogen (secondary N) is 1. The van der Waals surface area contributed by atoms with Crippen LogP contribution in [0, 0.1) is 5.82 Å². The number of amides is 2. The predicted molar refractivity (Wildman–Crippen MR) is 122 cm³/mol. The molecule has 3 rings (SSSR count). The van der Waals surface area contributed by atoms with Crippen molar-refractivity contribution in [3.63, 3.8) is 0 Å². The Morgan fingerprint density at radius 2 is 1.62 bits per heavy atom. The van der Waals surface area contributed by atoms with Crippen molar-refractivity contribution in [2.75, 3.05) is 13.7 Å². The highest BCUT2D eigenvalue weighted by atomic mass is 35.5. The second-order valence-corrected chi connectivity index (χ2v) is 7.62. The molecule has 1 atom stereocenters. The highest BCUT2D eigenvalue weighted by Crippen LogP contribution is 2.19. The van der Waals surface area contributed by atoms with Crippen LogP contribution in [0.3, 0.4) is 0 Å². The van der Waals surface area contributed by atoms with Gasteiger partial charge in [0.2, 0.25) is 5.91 Å². The number of carbonyl (C=O) groups is 2. The molecule has 3 aromatic rings. The maximum atomic E-state index is 13.9. The quantitative estimate of drug-likeness (QED) is 0.526. The molecule has 0 radical (unpaired) electrons. The van der Waals surface area contributed by atoms with Crippen molar-refractivity contribution in [3.05, 3.63) is 101 Å². The van der Waals surface area contributed by atoms with Gasteiger partial charge in [-0.3, -0.25) is 9.59 Å². The van der Waals surface area contributed by atoms with E-state index in [4.69, 9.17) is 16.3 Å². The summed E-state index contributed by atoms with van der Waals surface area (Å²) in [5, 5.41) is 3.21. The van der Waals surface area contributed by atoms with Gasteiger partial charge in [-0.1, -0.05) is 66.2 Å². The summed E-state index contributed by atoms with van der Waals surface area (Å²) in [4.78, 5) is 27.5. The Balaban J connectivity index is 1.87. The maximum Gasteiger partial charge on any atom is 0.261 e. The van der Waals surface area contributed by atoms with Crippen molar-refractivity contribution < 1.29 is 18.7 Å². The average molecular weight is 455 g/mol. The Hall–Kier alpha value is -3.38. The van der Waals surface area contributed by atoms with E-state index in [1.807, 2.05) is 30.3 Å². The molecule has 0 saturated heterocycles. The number of nitrogens with zero attached hydrogens (tertiary/aromatic N) is 1. The molecule has 0 aliphatic rings. The molecule has 0 aromatic heterocycles. The molecule has 0 heterocycles. The van der Waals surface area contributed by atoms with E-state index in [1.54, 1.807) is 36.4 Å². The van der Waals surface area contributed by atoms with E-state index < -0.39 is 24.4 Å². The van der Waals surface area contributed by atoms with Crippen LogP contribution in [0.4, 0.5) is 4.39 Å². The number of halogens is 2. The minimum absolute atomic E-state index is 0.0214. The first kappa shape index (κ1) is 23.3. The first-order chi connectivity index (χ1) is 15.5. The van der Waals surface area contributed by atoms with Crippen molar-refractivity contribution in [2.24, 2.45) is 0 Å². The number of para-hydroxylation sites is 1. The SMILES string of the molecule is CNC(=O)[C@H](Cc1ccccc1)N(Cc1ccc(Cl)cc1)C(=O)COc1ccccc1F. The van der Waals surface area contributed by atoms with Crippen molar-refractivity contribution in [2.45, 2.75) is 19.0 Å². The zero-order chi connectivity index (χ0) is 22.9. The molecular formula is C25H24ClFN2O3. The van der Waals surface area contributed by atoms with Gasteiger partial charge >= 0.3 is 0 Å². The van der Waals surface area contributed by atoms with Gasteiger partial charge in [0.05, 0.1) is 0 Å². The molecule has 0 spiro atoms. The molecule has 0 aliphatic carbocycles. The van der Waals surface area contributed by atoms with E-state index in [0.29, 0.717) is 11.4 Å². The molecule has 166 valence electrons. The van der Waals surface area contributed by atoms with Crippen molar-refractivity contribution in [1.29, 1.82) is 0 Å². The van der Waals surface area contributed by atoms with E-state index in [2.05, 4.69) is 5.32 Å². The van der Waals surface area contributed by atoms with Crippen LogP contribution in [0.2, 0.25) is 5.02 Å². The highest BCUT2D eigenvalue weighted by molar-refractivity contribution is 6.30. The lowest BCUT2D eigenvalue weighted by atomic mass is 10.0. The van der Waals surface area contributed by atoms with Crippen LogP contribution >= 0.6 is 11.6 Å². The smallest absolute Gasteiger partial charge is 0.261 e. The summed E-state index contributed by atoms with van der Waals surface area (Å²) in [6, 6.07) is 21.6. The van der Waals surface area contributed by atoms with Crippen molar-refractivity contribution in [1.82, 2.24) is 10.2 Å². The molecule has 0 bridgehead atoms. The Bertz CT molecular complexity index is 1040. The van der Waals surface area contributed by atoms with Crippen molar-refractivity contribution in [3.8, 4) is 5.75 Å². The molecule has 0 aliphatic heterocycles. The summed E-state index contributed by atoms with van der Waals surface area (Å²) in [5.74, 6) is -1.32. The van der Waals surface area contributed by atoms with E-state index in [9.17, 15) is 14.0 Å². The fourth-order valence-corrected chi connectivity index (χ4v) is 3.42. The summed E-state index contributed by atoms with van der Waals surface area (Å²) in [5.41, 5.74) is 1.71. The largest absolute Gasteiger partial charge is 0.481 e. The first-order valence-corrected chi connectivity index (χ1v) is 10.5. The summed E-state index contributed by atoms with van der Waals surface area (Å²) in [6.45, 7) is -0.238. The van der Waals surface area contributed by atoms with Crippen LogP contribution in [0.25, 0.3) is 0 Å². The standard InChI is InChI=1S/C25H24ClFN2O3/c1-28-25(31)22(15-18-7-3-2-4-8-18)29(16-19-11-13-20(26)14-12-19)24(30)17-32-23-10-6-5-9-21(23)27/h2-14,22H,15-17H2,1H3,(H,28,31)/t22-/m0/s1. The molecule has 0 fully saturated rings. The zero-order valence-corrected chi connectivity index (χ0v) is 18.4. The number of benzene rings is 3. The average Bonchev–Trinajstić information content (AvgIpc) is 2.82. The van der Waals surface area contributed by atoms with E-state index >= 15 is 0 Å². The number of likely N-dealkylation sites (N-methyl/N-ethyl adjacent to an activating group) is 1. The molecule has 0 saturated carbocycles. The van der Waals surface area contributed by atoms with Crippen LogP contribution in [0.5, 0.6) is 5.75 Å². The Morgan fingerprint density at radius 1 is 0.969 bits per heavy atom. The fourth-order valence-electron chi connectivity index (χ4n) is 3.29. The lowest BCUT2D eigenvalue weighted by molar-refractivity contribution is -0.142. The summed E-state index contributed by atoms with van der Waals surface area (Å²) >= 11 is 5.99. The number of rotatable bonds is 9. The van der Waals surface area contributed by atoms with Crippen molar-refractivity contribution >= 4 is 23.4 Å². The Morgan fingerprint density at radius 3 is 2.28 bits per heavy atom. The van der Waals surface area contributed by atoms with Crippen LogP contribution < -0.4 is 10.1 Å². The molecule has 0 unspecified atom stereocenters. The van der Waals surface area contributed by atoms with E-state index in [-0.39, 0.29) is 18.2 Å². The summed E-state index contributed by atoms with van der Waals surface area (Å²) in [7, 11) is 1.53. The van der Waals surface area contributed by atoms with Crippen LogP contribution in [-0.2, 0) is 22.6 Å². The van der Waals surface area contributed by atoms with Gasteiger partial charge in [-0.2, -0.15) is 0 Å². The third-order valence-corrected chi connectivity index (χ3v) is 5.22. The lowest BCUT2D eigenvalue weighted by Gasteiger charge is -2.31. The van der Waals surface area contributed by atoms with E-state index in [0.717, 1.165) is 11.1 Å². The van der Waals surface area contributed by atoms with Gasteiger partial charge in [0.1, 0.15) is 6.04 Å². The number of carbonyl (C=O) groups excluding carboxylic acids is 2.